The van der Waals surface area contributed by atoms with Crippen LogP contribution in [0.2, 0.25) is 0 Å². The van der Waals surface area contributed by atoms with Gasteiger partial charge in [0.1, 0.15) is 16.2 Å². The van der Waals surface area contributed by atoms with Gasteiger partial charge in [0.05, 0.1) is 39.3 Å². The first-order valence-electron chi connectivity index (χ1n) is 49.7. The summed E-state index contributed by atoms with van der Waals surface area (Å²) in [6.07, 6.45) is 17.2. The number of carbonyl (C=O) groups excluding carboxylic acids is 1. The molecule has 4 aliphatic carbocycles. The van der Waals surface area contributed by atoms with Gasteiger partial charge < -0.3 is 40.2 Å². The number of para-hydroxylation sites is 1. The van der Waals surface area contributed by atoms with Gasteiger partial charge in [-0.05, 0) is 341 Å². The number of hydrogen-bond donors (Lipinski definition) is 7. The van der Waals surface area contributed by atoms with Crippen molar-refractivity contribution in [3.05, 3.63) is 435 Å². The highest BCUT2D eigenvalue weighted by Gasteiger charge is 2.42. The lowest BCUT2D eigenvalue weighted by Crippen LogP contribution is -2.34. The van der Waals surface area contributed by atoms with E-state index in [4.69, 9.17) is 35.1 Å². The minimum atomic E-state index is -0.989. The molecule has 0 radical (unpaired) electrons. The Morgan fingerprint density at radius 3 is 1.21 bits per heavy atom. The van der Waals surface area contributed by atoms with Crippen molar-refractivity contribution in [3.63, 3.8) is 0 Å². The monoisotopic (exact) mass is 1970 g/mol. The molecule has 0 fully saturated rings. The van der Waals surface area contributed by atoms with Crippen LogP contribution in [-0.2, 0) is 49.7 Å². The summed E-state index contributed by atoms with van der Waals surface area (Å²) in [5.74, 6) is -5.20. The lowest BCUT2D eigenvalue weighted by molar-refractivity contribution is 0.0686. The van der Waals surface area contributed by atoms with E-state index in [9.17, 15) is 43.5 Å². The molecule has 1 unspecified atom stereocenters. The lowest BCUT2D eigenvalue weighted by atomic mass is 9.62. The number of rotatable bonds is 20. The van der Waals surface area contributed by atoms with Gasteiger partial charge in [0.15, 0.2) is 11.2 Å². The normalized spacial score (nSPS) is 15.9. The summed E-state index contributed by atoms with van der Waals surface area (Å²) in [5.41, 5.74) is 28.5. The van der Waals surface area contributed by atoms with Crippen LogP contribution in [0, 0.1) is 13.8 Å². The molecule has 146 heavy (non-hydrogen) atoms. The molecular weight excluding hydrogens is 1840 g/mol. The van der Waals surface area contributed by atoms with Gasteiger partial charge >= 0.3 is 35.8 Å². The maximum atomic E-state index is 12.0. The molecule has 0 aliphatic heterocycles. The Morgan fingerprint density at radius 1 is 0.356 bits per heavy atom. The maximum Gasteiger partial charge on any atom is 0.345 e. The zero-order valence-corrected chi connectivity index (χ0v) is 87.8. The predicted octanol–water partition coefficient (Wildman–Crippen LogP) is 31.3. The van der Waals surface area contributed by atoms with E-state index in [-0.39, 0.29) is 71.2 Å². The highest BCUT2D eigenvalue weighted by Crippen LogP contribution is 2.52. The van der Waals surface area contributed by atoms with Gasteiger partial charge in [-0.3, -0.25) is 9.59 Å². The first kappa shape index (κ1) is 108. The third kappa shape index (κ3) is 25.6. The first-order chi connectivity index (χ1) is 68.6. The minimum absolute atomic E-state index is 0.0806. The van der Waals surface area contributed by atoms with Crippen molar-refractivity contribution in [1.29, 1.82) is 0 Å². The van der Waals surface area contributed by atoms with E-state index < -0.39 is 41.9 Å². The number of ketones is 1. The number of fused-ring (bicyclic) bond motifs is 6. The largest absolute Gasteiger partial charge is 0.478 e. The average molecular weight is 1970 g/mol. The molecule has 7 N–H and O–H groups in total. The molecule has 17 heteroatoms. The fourth-order valence-corrected chi connectivity index (χ4v) is 20.8. The number of aromatic carboxylic acids is 6. The van der Waals surface area contributed by atoms with Gasteiger partial charge in [0.25, 0.3) is 0 Å². The van der Waals surface area contributed by atoms with Gasteiger partial charge in [-0.25, -0.2) is 28.8 Å². The van der Waals surface area contributed by atoms with Crippen molar-refractivity contribution < 1.29 is 73.7 Å². The molecule has 18 rings (SSSR count). The molecule has 2 heterocycles. The fraction of sp³-hybridized carbons (Fsp3) is 0.287. The van der Waals surface area contributed by atoms with Crippen molar-refractivity contribution in [1.82, 2.24) is 0 Å². The highest BCUT2D eigenvalue weighted by atomic mass is 32.1. The number of carboxylic acids is 6. The van der Waals surface area contributed by atoms with Crippen LogP contribution in [0.5, 0.6) is 0 Å². The Hall–Kier alpha value is -14.8. The Morgan fingerprint density at radius 2 is 0.740 bits per heavy atom. The van der Waals surface area contributed by atoms with Gasteiger partial charge in [-0.1, -0.05) is 312 Å². The number of aliphatic hydroxyl groups excluding tert-OH is 1. The van der Waals surface area contributed by atoms with Crippen LogP contribution in [0.4, 0.5) is 0 Å². The number of thiophene rings is 1. The Kier molecular flexibility index (Phi) is 32.7. The Labute approximate surface area is 861 Å². The summed E-state index contributed by atoms with van der Waals surface area (Å²) >= 11 is 1.36. The summed E-state index contributed by atoms with van der Waals surface area (Å²) in [5, 5.41) is 67.5. The zero-order valence-electron chi connectivity index (χ0n) is 87.0. The van der Waals surface area contributed by atoms with E-state index >= 15 is 0 Å². The molecule has 752 valence electrons. The first-order valence-corrected chi connectivity index (χ1v) is 50.5. The molecule has 12 aromatic carbocycles. The minimum Gasteiger partial charge on any atom is -0.478 e. The third-order valence-electron chi connectivity index (χ3n) is 29.9. The maximum absolute atomic E-state index is 12.0. The molecule has 0 saturated heterocycles. The summed E-state index contributed by atoms with van der Waals surface area (Å²) < 4.78 is 5.68. The van der Waals surface area contributed by atoms with Crippen LogP contribution in [0.15, 0.2) is 301 Å². The summed E-state index contributed by atoms with van der Waals surface area (Å²) in [6.45, 7) is 50.3. The van der Waals surface area contributed by atoms with Crippen LogP contribution in [0.1, 0.15) is 340 Å². The van der Waals surface area contributed by atoms with E-state index in [0.29, 0.717) is 43.9 Å². The summed E-state index contributed by atoms with van der Waals surface area (Å²) in [4.78, 5) is 90.9. The smallest absolute Gasteiger partial charge is 0.345 e. The standard InChI is InChI=1S/C25H26O2.C24H28O3.C24H30O2S.C24H28O2.C16H10O4.C16H12O3/c1-24(2)11-12-25(3,4)22-15-20-13-18(9-10-19(20)14-21(22)24)16-5-7-17(8-6-16)23(26)27;1-23(2)13-14-24(3,4)20-15-18(10-11-19(20)23)21(25)12-7-16-5-8-17(9-6-16)22(26)27;1-15(7-8-17-9-10-21(27-17)22(25)26)18-14-20-19(13-16(18)2)23(3,4)11-12-24(20,5)6;1-15-13-20-21(24(5,6)12-11-23(20,3)4)14-19(15)16(2)17-7-9-18(10-8-17)22(25)26;17-13-9-15(20-14-4-2-1-3-12(13)14)10-5-7-11(8-6-10)16(18)19;17-15(13-4-2-1-3-5-13)11-8-12-6-9-14(10-7-12)16(18)19/h5-10,13-15H,11-12H2,1-4H3,(H,26,27);5-12,15,21,25H,13-14H2,1-4H3,(H,26,27);9-10,13-14H,1,7-8,11-12H2,2-6H3,(H,25,26);7-10,13-14H,2,11-12H2,1,3-6H3,(H,25,26);1-9H,(H,18,19);1-11H,(H,18,19)/b;12-7+;;;;11-8+. The molecule has 16 nitrogen and oxygen atoms in total. The summed E-state index contributed by atoms with van der Waals surface area (Å²) in [6, 6.07) is 81.3. The number of carboxylic acid groups (broad SMARTS) is 6. The Bertz CT molecular complexity index is 7430. The zero-order chi connectivity index (χ0) is 106. The van der Waals surface area contributed by atoms with E-state index in [2.05, 4.69) is 205 Å². The molecular formula is C129H134O16S. The number of carbonyl (C=O) groups is 7. The quantitative estimate of drug-likeness (QED) is 0.0276. The molecule has 14 aromatic rings. The predicted molar refractivity (Wildman–Crippen MR) is 592 cm³/mol. The molecule has 0 bridgehead atoms. The second-order valence-corrected chi connectivity index (χ2v) is 45.4. The van der Waals surface area contributed by atoms with Crippen LogP contribution in [0.3, 0.4) is 0 Å². The van der Waals surface area contributed by atoms with Gasteiger partial charge in [-0.2, -0.15) is 0 Å². The molecule has 1 atom stereocenters. The Balaban J connectivity index is 0.000000147. The number of aliphatic hydroxyl groups is 1. The summed E-state index contributed by atoms with van der Waals surface area (Å²) in [7, 11) is 0. The number of aryl methyl sites for hydroxylation is 3. The molecule has 2 aromatic heterocycles. The van der Waals surface area contributed by atoms with Crippen LogP contribution in [0.25, 0.3) is 67.5 Å². The third-order valence-corrected chi connectivity index (χ3v) is 31.1. The number of hydrogen-bond acceptors (Lipinski definition) is 11. The van der Waals surface area contributed by atoms with Gasteiger partial charge in [0, 0.05) is 22.1 Å². The number of benzene rings is 12. The highest BCUT2D eigenvalue weighted by molar-refractivity contribution is 7.13. The van der Waals surface area contributed by atoms with Crippen molar-refractivity contribution in [3.8, 4) is 22.5 Å². The molecule has 4 aliphatic rings. The van der Waals surface area contributed by atoms with Crippen molar-refractivity contribution in [2.75, 3.05) is 0 Å². The van der Waals surface area contributed by atoms with Crippen LogP contribution >= 0.6 is 11.3 Å². The van der Waals surface area contributed by atoms with Gasteiger partial charge in [-0.15, -0.1) is 11.3 Å². The number of allylic oxidation sites excluding steroid dienone is 2. The van der Waals surface area contributed by atoms with Gasteiger partial charge in [0.2, 0.25) is 0 Å². The second-order valence-electron chi connectivity index (χ2n) is 44.3. The van der Waals surface area contributed by atoms with Crippen LogP contribution in [-0.4, -0.2) is 77.3 Å². The second kappa shape index (κ2) is 44.0. The molecule has 0 saturated carbocycles. The van der Waals surface area contributed by atoms with Crippen molar-refractivity contribution >= 4 is 98.0 Å². The fourth-order valence-electron chi connectivity index (χ4n) is 19.9. The van der Waals surface area contributed by atoms with E-state index in [1.54, 1.807) is 127 Å². The van der Waals surface area contributed by atoms with E-state index in [1.807, 2.05) is 60.7 Å². The van der Waals surface area contributed by atoms with E-state index in [0.717, 1.165) is 74.2 Å². The van der Waals surface area contributed by atoms with Crippen LogP contribution < -0.4 is 5.43 Å². The van der Waals surface area contributed by atoms with Crippen molar-refractivity contribution in [2.45, 2.75) is 238 Å². The topological polar surface area (TPSA) is 291 Å². The molecule has 0 amide bonds. The van der Waals surface area contributed by atoms with E-state index in [1.165, 1.54) is 165 Å². The van der Waals surface area contributed by atoms with Crippen molar-refractivity contribution in [2.24, 2.45) is 0 Å². The molecule has 0 spiro atoms. The average Bonchev–Trinajstić information content (AvgIpc) is 0.855. The SMILES string of the molecule is C=C(CCc1ccc(C(=O)O)s1)c1cc2c(cc1C)C(C)(C)CCC2(C)C.C=C(c1ccc(C(=O)O)cc1)c1cc2c(cc1C)C(C)(C)CCC2(C)C.CC1(C)CCC(C)(C)c2cc(C(O)/C=C/c3ccc(C(=O)O)cc3)ccc21.CC1(C)CCC(C)(C)c2cc3cc(-c4ccc(C(=O)O)cc4)ccc3cc21.O=C(O)c1ccc(-c2cc(=O)c3ccccc3o2)cc1.O=C(O)c1ccc(/C=C/C(=O)c2ccccc2)cc1. The lowest BCUT2D eigenvalue weighted by Gasteiger charge is -2.42.